The number of amides is 1. The second-order valence-corrected chi connectivity index (χ2v) is 8.79. The fourth-order valence-electron chi connectivity index (χ4n) is 4.95. The molecule has 0 bridgehead atoms. The zero-order valence-electron chi connectivity index (χ0n) is 19.5. The molecule has 6 heteroatoms. The lowest BCUT2D eigenvalue weighted by Gasteiger charge is -2.38. The van der Waals surface area contributed by atoms with Gasteiger partial charge in [-0.2, -0.15) is 0 Å². The van der Waals surface area contributed by atoms with E-state index < -0.39 is 5.82 Å². The largest absolute Gasteiger partial charge is 0.493 e. The lowest BCUT2D eigenvalue weighted by Crippen LogP contribution is -2.40. The molecule has 0 aromatic heterocycles. The molecule has 2 aliphatic rings. The number of carbonyl (C=O) groups is 2. The molecule has 0 N–H and O–H groups in total. The van der Waals surface area contributed by atoms with E-state index in [0.29, 0.717) is 54.3 Å². The first-order valence-corrected chi connectivity index (χ1v) is 11.7. The molecule has 5 rings (SSSR count). The summed E-state index contributed by atoms with van der Waals surface area (Å²) in [6.07, 6.45) is 1.82. The number of anilines is 1. The second-order valence-electron chi connectivity index (χ2n) is 8.79. The lowest BCUT2D eigenvalue weighted by molar-refractivity contribution is -0.119. The maximum absolute atomic E-state index is 13.9. The Morgan fingerprint density at radius 1 is 0.943 bits per heavy atom. The van der Waals surface area contributed by atoms with Crippen molar-refractivity contribution < 1.29 is 23.5 Å². The van der Waals surface area contributed by atoms with Crippen molar-refractivity contribution in [3.05, 3.63) is 101 Å². The summed E-state index contributed by atoms with van der Waals surface area (Å²) in [6, 6.07) is 21.4. The molecule has 178 valence electrons. The quantitative estimate of drug-likeness (QED) is 0.446. The van der Waals surface area contributed by atoms with E-state index in [-0.39, 0.29) is 24.0 Å². The zero-order valence-corrected chi connectivity index (χ0v) is 19.5. The summed E-state index contributed by atoms with van der Waals surface area (Å²) in [5, 5.41) is 0. The number of hydrogen-bond acceptors (Lipinski definition) is 4. The number of hydrogen-bond donors (Lipinski definition) is 0. The summed E-state index contributed by atoms with van der Waals surface area (Å²) in [5.74, 6) is 0.215. The van der Waals surface area contributed by atoms with Crippen LogP contribution < -0.4 is 14.4 Å². The lowest BCUT2D eigenvalue weighted by atomic mass is 9.77. The third kappa shape index (κ3) is 4.56. The highest BCUT2D eigenvalue weighted by atomic mass is 19.1. The monoisotopic (exact) mass is 471 g/mol. The van der Waals surface area contributed by atoms with Crippen molar-refractivity contribution >= 4 is 17.4 Å². The van der Waals surface area contributed by atoms with Crippen LogP contribution in [-0.2, 0) is 16.2 Å². The highest BCUT2D eigenvalue weighted by Crippen LogP contribution is 2.45. The molecule has 3 aromatic carbocycles. The Morgan fingerprint density at radius 2 is 1.77 bits per heavy atom. The van der Waals surface area contributed by atoms with E-state index in [1.165, 1.54) is 17.0 Å². The number of halogens is 1. The molecule has 0 fully saturated rings. The van der Waals surface area contributed by atoms with Crippen LogP contribution in [0.15, 0.2) is 84.1 Å². The molecule has 0 saturated heterocycles. The number of rotatable bonds is 6. The number of benzene rings is 3. The fourth-order valence-corrected chi connectivity index (χ4v) is 4.95. The minimum Gasteiger partial charge on any atom is -0.493 e. The number of nitrogens with zero attached hydrogens (tertiary/aromatic N) is 1. The van der Waals surface area contributed by atoms with Crippen molar-refractivity contribution in [1.29, 1.82) is 0 Å². The summed E-state index contributed by atoms with van der Waals surface area (Å²) >= 11 is 0. The molecule has 1 aliphatic heterocycles. The summed E-state index contributed by atoms with van der Waals surface area (Å²) in [7, 11) is 1.57. The van der Waals surface area contributed by atoms with Crippen LogP contribution in [0.4, 0.5) is 10.1 Å². The van der Waals surface area contributed by atoms with Crippen molar-refractivity contribution in [3.8, 4) is 11.5 Å². The minimum atomic E-state index is -0.419. The van der Waals surface area contributed by atoms with E-state index in [9.17, 15) is 14.0 Å². The van der Waals surface area contributed by atoms with Gasteiger partial charge < -0.3 is 9.47 Å². The predicted molar refractivity (Wildman–Crippen MR) is 131 cm³/mol. The van der Waals surface area contributed by atoms with Crippen molar-refractivity contribution in [2.75, 3.05) is 12.0 Å². The molecular formula is C29H26FNO4. The van der Waals surface area contributed by atoms with E-state index in [2.05, 4.69) is 0 Å². The predicted octanol–water partition coefficient (Wildman–Crippen LogP) is 5.94. The Labute approximate surface area is 203 Å². The van der Waals surface area contributed by atoms with E-state index in [0.717, 1.165) is 11.1 Å². The van der Waals surface area contributed by atoms with E-state index >= 15 is 0 Å². The third-order valence-electron chi connectivity index (χ3n) is 6.57. The Morgan fingerprint density at radius 3 is 2.54 bits per heavy atom. The normalized spacial score (nSPS) is 17.9. The molecule has 0 radical (unpaired) electrons. The summed E-state index contributed by atoms with van der Waals surface area (Å²) < 4.78 is 25.5. The molecule has 1 unspecified atom stereocenters. The molecule has 1 aliphatic carbocycles. The number of Topliss-reactive ketones (excluding diaryl/α,β-unsaturated/α-hetero) is 1. The van der Waals surface area contributed by atoms with Gasteiger partial charge in [-0.25, -0.2) is 4.39 Å². The second kappa shape index (κ2) is 9.74. The number of carbonyl (C=O) groups excluding carboxylic acids is 2. The SMILES string of the molecule is COc1cc(C2CC(=O)N(c3cccc(F)c3)C3=C2C(=O)CCC3)ccc1OCc1ccccc1. The van der Waals surface area contributed by atoms with E-state index in [1.54, 1.807) is 19.2 Å². The van der Waals surface area contributed by atoms with Gasteiger partial charge >= 0.3 is 0 Å². The first-order valence-electron chi connectivity index (χ1n) is 11.7. The standard InChI is InChI=1S/C29H26FNO4/c1-34-27-15-20(13-14-26(27)35-18-19-7-3-2-4-8-19)23-17-28(33)31(22-10-5-9-21(30)16-22)24-11-6-12-25(32)29(23)24/h2-5,7-10,13-16,23H,6,11-12,17-18H2,1H3. The molecule has 35 heavy (non-hydrogen) atoms. The highest BCUT2D eigenvalue weighted by molar-refractivity contribution is 6.07. The van der Waals surface area contributed by atoms with Crippen LogP contribution in [0, 0.1) is 5.82 Å². The van der Waals surface area contributed by atoms with Crippen LogP contribution in [0.25, 0.3) is 0 Å². The molecule has 1 atom stereocenters. The number of methoxy groups -OCH3 is 1. The summed E-state index contributed by atoms with van der Waals surface area (Å²) in [6.45, 7) is 0.398. The topological polar surface area (TPSA) is 55.8 Å². The van der Waals surface area contributed by atoms with Crippen molar-refractivity contribution in [1.82, 2.24) is 0 Å². The van der Waals surface area contributed by atoms with Crippen molar-refractivity contribution in [2.24, 2.45) is 0 Å². The van der Waals surface area contributed by atoms with Gasteiger partial charge in [-0.3, -0.25) is 14.5 Å². The van der Waals surface area contributed by atoms with Gasteiger partial charge in [0.1, 0.15) is 12.4 Å². The Kier molecular flexibility index (Phi) is 6.36. The van der Waals surface area contributed by atoms with E-state index in [4.69, 9.17) is 9.47 Å². The molecule has 0 saturated carbocycles. The van der Waals surface area contributed by atoms with Gasteiger partial charge in [0.15, 0.2) is 17.3 Å². The molecule has 3 aromatic rings. The van der Waals surface area contributed by atoms with Crippen LogP contribution in [0.1, 0.15) is 42.7 Å². The Balaban J connectivity index is 1.50. The Bertz CT molecular complexity index is 1300. The number of allylic oxidation sites excluding steroid dienone is 2. The van der Waals surface area contributed by atoms with Crippen LogP contribution >= 0.6 is 0 Å². The summed E-state index contributed by atoms with van der Waals surface area (Å²) in [5.41, 5.74) is 3.63. The van der Waals surface area contributed by atoms with Crippen molar-refractivity contribution in [2.45, 2.75) is 38.2 Å². The van der Waals surface area contributed by atoms with Crippen LogP contribution in [0.2, 0.25) is 0 Å². The average Bonchev–Trinajstić information content (AvgIpc) is 2.87. The van der Waals surface area contributed by atoms with Gasteiger partial charge in [0.25, 0.3) is 0 Å². The minimum absolute atomic E-state index is 0.0357. The first kappa shape index (κ1) is 22.8. The van der Waals surface area contributed by atoms with Crippen LogP contribution in [0.5, 0.6) is 11.5 Å². The first-order chi connectivity index (χ1) is 17.0. The van der Waals surface area contributed by atoms with Gasteiger partial charge in [0.05, 0.1) is 12.8 Å². The van der Waals surface area contributed by atoms with Crippen molar-refractivity contribution in [3.63, 3.8) is 0 Å². The molecule has 1 amide bonds. The highest BCUT2D eigenvalue weighted by Gasteiger charge is 2.40. The zero-order chi connectivity index (χ0) is 24.4. The van der Waals surface area contributed by atoms with Gasteiger partial charge in [0.2, 0.25) is 5.91 Å². The molecule has 1 heterocycles. The smallest absolute Gasteiger partial charge is 0.232 e. The third-order valence-corrected chi connectivity index (χ3v) is 6.57. The molecule has 5 nitrogen and oxygen atoms in total. The van der Waals surface area contributed by atoms with Gasteiger partial charge in [-0.1, -0.05) is 42.5 Å². The molecule has 0 spiro atoms. The number of ketones is 1. The fraction of sp³-hybridized carbons (Fsp3) is 0.241. The Hall–Kier alpha value is -3.93. The van der Waals surface area contributed by atoms with Gasteiger partial charge in [0, 0.05) is 30.0 Å². The average molecular weight is 472 g/mol. The van der Waals surface area contributed by atoms with E-state index in [1.807, 2.05) is 48.5 Å². The van der Waals surface area contributed by atoms with Gasteiger partial charge in [-0.15, -0.1) is 0 Å². The van der Waals surface area contributed by atoms with Crippen LogP contribution in [0.3, 0.4) is 0 Å². The van der Waals surface area contributed by atoms with Gasteiger partial charge in [-0.05, 0) is 54.3 Å². The summed E-state index contributed by atoms with van der Waals surface area (Å²) in [4.78, 5) is 28.0. The molecular weight excluding hydrogens is 445 g/mol. The maximum atomic E-state index is 13.9. The number of ether oxygens (including phenoxy) is 2. The van der Waals surface area contributed by atoms with Crippen LogP contribution in [-0.4, -0.2) is 18.8 Å². The maximum Gasteiger partial charge on any atom is 0.232 e.